The molecule has 1 fully saturated rings. The maximum atomic E-state index is 11.7. The fourth-order valence-electron chi connectivity index (χ4n) is 2.61. The zero-order chi connectivity index (χ0) is 12.5. The normalized spacial score (nSPS) is 19.6. The molecule has 3 nitrogen and oxygen atoms in total. The van der Waals surface area contributed by atoms with Crippen LogP contribution in [0.3, 0.4) is 0 Å². The summed E-state index contributed by atoms with van der Waals surface area (Å²) in [7, 11) is 0. The molecule has 1 aliphatic carbocycles. The van der Waals surface area contributed by atoms with Gasteiger partial charge < -0.3 is 10.6 Å². The van der Waals surface area contributed by atoms with Crippen molar-refractivity contribution in [3.63, 3.8) is 0 Å². The average molecular weight is 240 g/mol. The second kappa shape index (κ2) is 8.51. The minimum Gasteiger partial charge on any atom is -0.352 e. The highest BCUT2D eigenvalue weighted by atomic mass is 16.1. The third-order valence-corrected chi connectivity index (χ3v) is 3.71. The van der Waals surface area contributed by atoms with Crippen molar-refractivity contribution in [3.05, 3.63) is 0 Å². The maximum Gasteiger partial charge on any atom is 0.234 e. The van der Waals surface area contributed by atoms with Crippen molar-refractivity contribution in [2.75, 3.05) is 13.1 Å². The van der Waals surface area contributed by atoms with Crippen LogP contribution in [0.1, 0.15) is 58.8 Å². The summed E-state index contributed by atoms with van der Waals surface area (Å²) in [5.41, 5.74) is 0. The second-order valence-corrected chi connectivity index (χ2v) is 5.28. The number of hydrogen-bond acceptors (Lipinski definition) is 2. The van der Waals surface area contributed by atoms with Crippen molar-refractivity contribution in [2.45, 2.75) is 64.8 Å². The van der Waals surface area contributed by atoms with E-state index in [1.54, 1.807) is 0 Å². The summed E-state index contributed by atoms with van der Waals surface area (Å²) in [5.74, 6) is 0.836. The van der Waals surface area contributed by atoms with Gasteiger partial charge in [-0.25, -0.2) is 0 Å². The second-order valence-electron chi connectivity index (χ2n) is 5.28. The van der Waals surface area contributed by atoms with Gasteiger partial charge in [0, 0.05) is 6.04 Å². The molecular formula is C14H28N2O. The Morgan fingerprint density at radius 1 is 1.24 bits per heavy atom. The van der Waals surface area contributed by atoms with Gasteiger partial charge in [0.15, 0.2) is 0 Å². The standard InChI is InChI=1S/C14H28N2O/c1-3-10-15-11-14(17)16-12(2)13-8-6-4-5-7-9-13/h12-13,15H,3-11H2,1-2H3,(H,16,17)/t12-/m1/s1. The lowest BCUT2D eigenvalue weighted by Gasteiger charge is -2.23. The molecule has 100 valence electrons. The van der Waals surface area contributed by atoms with Crippen LogP contribution >= 0.6 is 0 Å². The van der Waals surface area contributed by atoms with Gasteiger partial charge in [-0.05, 0) is 38.6 Å². The van der Waals surface area contributed by atoms with E-state index >= 15 is 0 Å². The number of amides is 1. The van der Waals surface area contributed by atoms with Crippen molar-refractivity contribution in [2.24, 2.45) is 5.92 Å². The molecule has 2 N–H and O–H groups in total. The summed E-state index contributed by atoms with van der Waals surface area (Å²) in [6, 6.07) is 0.337. The Balaban J connectivity index is 2.21. The van der Waals surface area contributed by atoms with Gasteiger partial charge in [-0.1, -0.05) is 32.6 Å². The van der Waals surface area contributed by atoms with Crippen LogP contribution in [0, 0.1) is 5.92 Å². The topological polar surface area (TPSA) is 41.1 Å². The van der Waals surface area contributed by atoms with E-state index in [1.165, 1.54) is 38.5 Å². The van der Waals surface area contributed by atoms with E-state index in [0.29, 0.717) is 18.5 Å². The first-order valence-electron chi connectivity index (χ1n) is 7.24. The zero-order valence-electron chi connectivity index (χ0n) is 11.4. The van der Waals surface area contributed by atoms with E-state index in [1.807, 2.05) is 0 Å². The molecule has 0 spiro atoms. The molecule has 3 heteroatoms. The Morgan fingerprint density at radius 3 is 2.47 bits per heavy atom. The molecule has 1 atom stereocenters. The molecule has 0 saturated heterocycles. The lowest BCUT2D eigenvalue weighted by molar-refractivity contribution is -0.121. The molecule has 0 aromatic rings. The Hall–Kier alpha value is -0.570. The van der Waals surface area contributed by atoms with Gasteiger partial charge in [-0.15, -0.1) is 0 Å². The highest BCUT2D eigenvalue weighted by molar-refractivity contribution is 5.78. The third-order valence-electron chi connectivity index (χ3n) is 3.71. The molecule has 1 amide bonds. The minimum atomic E-state index is 0.148. The van der Waals surface area contributed by atoms with Crippen LogP contribution in [0.15, 0.2) is 0 Å². The SMILES string of the molecule is CCCNCC(=O)N[C@H](C)C1CCCCCC1. The van der Waals surface area contributed by atoms with Crippen LogP contribution in [0.4, 0.5) is 0 Å². The van der Waals surface area contributed by atoms with Crippen LogP contribution < -0.4 is 10.6 Å². The van der Waals surface area contributed by atoms with Crippen molar-refractivity contribution >= 4 is 5.91 Å². The summed E-state index contributed by atoms with van der Waals surface area (Å²) in [6.45, 7) is 5.66. The van der Waals surface area contributed by atoms with Crippen LogP contribution in [0.25, 0.3) is 0 Å². The summed E-state index contributed by atoms with van der Waals surface area (Å²) >= 11 is 0. The van der Waals surface area contributed by atoms with Gasteiger partial charge in [-0.3, -0.25) is 4.79 Å². The smallest absolute Gasteiger partial charge is 0.234 e. The molecule has 1 aliphatic rings. The molecule has 1 rings (SSSR count). The zero-order valence-corrected chi connectivity index (χ0v) is 11.4. The summed E-state index contributed by atoms with van der Waals surface area (Å²) < 4.78 is 0. The number of carbonyl (C=O) groups excluding carboxylic acids is 1. The van der Waals surface area contributed by atoms with Crippen LogP contribution in [0.5, 0.6) is 0 Å². The Kier molecular flexibility index (Phi) is 7.25. The molecule has 0 unspecified atom stereocenters. The van der Waals surface area contributed by atoms with Gasteiger partial charge >= 0.3 is 0 Å². The van der Waals surface area contributed by atoms with Crippen molar-refractivity contribution in [1.29, 1.82) is 0 Å². The summed E-state index contributed by atoms with van der Waals surface area (Å²) in [6.07, 6.45) is 9.04. The minimum absolute atomic E-state index is 0.148. The first-order chi connectivity index (χ1) is 8.24. The number of hydrogen-bond donors (Lipinski definition) is 2. The monoisotopic (exact) mass is 240 g/mol. The lowest BCUT2D eigenvalue weighted by atomic mass is 9.93. The van der Waals surface area contributed by atoms with Crippen LogP contribution in [-0.2, 0) is 4.79 Å². The van der Waals surface area contributed by atoms with Gasteiger partial charge in [0.25, 0.3) is 0 Å². The van der Waals surface area contributed by atoms with Crippen LogP contribution in [-0.4, -0.2) is 25.0 Å². The van der Waals surface area contributed by atoms with Gasteiger partial charge in [0.05, 0.1) is 6.54 Å². The highest BCUT2D eigenvalue weighted by Crippen LogP contribution is 2.25. The van der Waals surface area contributed by atoms with Crippen LogP contribution in [0.2, 0.25) is 0 Å². The molecule has 1 saturated carbocycles. The Morgan fingerprint density at radius 2 is 1.88 bits per heavy atom. The van der Waals surface area contributed by atoms with Gasteiger partial charge in [0.2, 0.25) is 5.91 Å². The molecular weight excluding hydrogens is 212 g/mol. The fraction of sp³-hybridized carbons (Fsp3) is 0.929. The van der Waals surface area contributed by atoms with Crippen molar-refractivity contribution < 1.29 is 4.79 Å². The van der Waals surface area contributed by atoms with E-state index in [0.717, 1.165) is 13.0 Å². The number of carbonyl (C=O) groups is 1. The van der Waals surface area contributed by atoms with Gasteiger partial charge in [0.1, 0.15) is 0 Å². The first-order valence-corrected chi connectivity index (χ1v) is 7.24. The molecule has 0 bridgehead atoms. The lowest BCUT2D eigenvalue weighted by Crippen LogP contribution is -2.42. The fourth-order valence-corrected chi connectivity index (χ4v) is 2.61. The number of nitrogens with one attached hydrogen (secondary N) is 2. The predicted molar refractivity (Wildman–Crippen MR) is 72.0 cm³/mol. The third kappa shape index (κ3) is 6.06. The maximum absolute atomic E-state index is 11.7. The van der Waals surface area contributed by atoms with E-state index in [4.69, 9.17) is 0 Å². The molecule has 0 aromatic carbocycles. The molecule has 17 heavy (non-hydrogen) atoms. The molecule has 0 radical (unpaired) electrons. The molecule has 0 aromatic heterocycles. The number of rotatable bonds is 6. The first kappa shape index (κ1) is 14.5. The molecule has 0 heterocycles. The molecule has 0 aliphatic heterocycles. The van der Waals surface area contributed by atoms with E-state index in [2.05, 4.69) is 24.5 Å². The summed E-state index contributed by atoms with van der Waals surface area (Å²) in [4.78, 5) is 11.7. The van der Waals surface area contributed by atoms with Crippen molar-refractivity contribution in [3.8, 4) is 0 Å². The van der Waals surface area contributed by atoms with E-state index in [9.17, 15) is 4.79 Å². The van der Waals surface area contributed by atoms with E-state index in [-0.39, 0.29) is 5.91 Å². The predicted octanol–water partition coefficient (Wildman–Crippen LogP) is 2.46. The Bertz CT molecular complexity index is 210. The Labute approximate surface area is 106 Å². The largest absolute Gasteiger partial charge is 0.352 e. The van der Waals surface area contributed by atoms with E-state index < -0.39 is 0 Å². The van der Waals surface area contributed by atoms with Gasteiger partial charge in [-0.2, -0.15) is 0 Å². The highest BCUT2D eigenvalue weighted by Gasteiger charge is 2.20. The quantitative estimate of drug-likeness (QED) is 0.553. The average Bonchev–Trinajstić information content (AvgIpc) is 2.57. The van der Waals surface area contributed by atoms with Crippen molar-refractivity contribution in [1.82, 2.24) is 10.6 Å². The summed E-state index contributed by atoms with van der Waals surface area (Å²) in [5, 5.41) is 6.28.